The van der Waals surface area contributed by atoms with Gasteiger partial charge in [-0.3, -0.25) is 5.41 Å². The minimum absolute atomic E-state index is 0.0972. The molecule has 0 aliphatic carbocycles. The maximum absolute atomic E-state index is 7.20. The number of hydrogen-bond acceptors (Lipinski definition) is 4. The zero-order valence-corrected chi connectivity index (χ0v) is 8.21. The minimum Gasteiger partial charge on any atom is -0.387 e. The molecule has 13 heavy (non-hydrogen) atoms. The first kappa shape index (κ1) is 9.98. The van der Waals surface area contributed by atoms with E-state index in [4.69, 9.17) is 11.1 Å². The highest BCUT2D eigenvalue weighted by molar-refractivity contribution is 7.99. The van der Waals surface area contributed by atoms with Crippen LogP contribution in [0.1, 0.15) is 6.92 Å². The van der Waals surface area contributed by atoms with Gasteiger partial charge in [-0.1, -0.05) is 6.92 Å². The Morgan fingerprint density at radius 2 is 2.54 bits per heavy atom. The minimum atomic E-state index is 0.0972. The summed E-state index contributed by atoms with van der Waals surface area (Å²) in [5.41, 5.74) is 5.34. The van der Waals surface area contributed by atoms with Gasteiger partial charge in [0.05, 0.1) is 10.9 Å². The summed E-state index contributed by atoms with van der Waals surface area (Å²) in [6.45, 7) is 1.93. The molecule has 0 saturated heterocycles. The molecule has 1 unspecified atom stereocenters. The van der Waals surface area contributed by atoms with Crippen molar-refractivity contribution in [1.82, 2.24) is 9.97 Å². The predicted octanol–water partition coefficient (Wildman–Crippen LogP) is 1.14. The van der Waals surface area contributed by atoms with Gasteiger partial charge >= 0.3 is 0 Å². The third-order valence-electron chi connectivity index (χ3n) is 1.57. The molecule has 5 heteroatoms. The monoisotopic (exact) mass is 196 g/mol. The molecule has 1 aromatic rings. The number of nitrogens with zero attached hydrogens (tertiary/aromatic N) is 2. The molecule has 0 aliphatic rings. The first-order chi connectivity index (χ1) is 6.20. The number of hydrogen-bond donors (Lipinski definition) is 2. The number of nitrogens with two attached hydrogens (primary N) is 1. The summed E-state index contributed by atoms with van der Waals surface area (Å²) >= 11 is 1.58. The van der Waals surface area contributed by atoms with E-state index in [1.54, 1.807) is 18.0 Å². The fourth-order valence-electron chi connectivity index (χ4n) is 0.664. The lowest BCUT2D eigenvalue weighted by Gasteiger charge is -2.07. The standard InChI is InChI=1S/C8H12N4S/c1-6(8(9)10)4-13-7-2-3-11-5-12-7/h2-3,5-6H,4H2,1H3,(H3,9,10). The van der Waals surface area contributed by atoms with E-state index in [1.807, 2.05) is 13.0 Å². The first-order valence-corrected chi connectivity index (χ1v) is 4.91. The molecular weight excluding hydrogens is 184 g/mol. The number of amidine groups is 1. The van der Waals surface area contributed by atoms with Crippen molar-refractivity contribution in [3.05, 3.63) is 18.6 Å². The molecule has 4 nitrogen and oxygen atoms in total. The normalized spacial score (nSPS) is 12.4. The van der Waals surface area contributed by atoms with E-state index < -0.39 is 0 Å². The van der Waals surface area contributed by atoms with Crippen LogP contribution < -0.4 is 5.73 Å². The van der Waals surface area contributed by atoms with Crippen LogP contribution in [-0.4, -0.2) is 21.6 Å². The second-order valence-electron chi connectivity index (χ2n) is 2.72. The van der Waals surface area contributed by atoms with E-state index in [-0.39, 0.29) is 11.8 Å². The molecule has 0 radical (unpaired) electrons. The van der Waals surface area contributed by atoms with E-state index in [2.05, 4.69) is 9.97 Å². The van der Waals surface area contributed by atoms with Crippen LogP contribution in [0.3, 0.4) is 0 Å². The van der Waals surface area contributed by atoms with Crippen molar-refractivity contribution in [2.24, 2.45) is 11.7 Å². The first-order valence-electron chi connectivity index (χ1n) is 3.93. The summed E-state index contributed by atoms with van der Waals surface area (Å²) in [7, 11) is 0. The van der Waals surface area contributed by atoms with Gasteiger partial charge in [0.25, 0.3) is 0 Å². The molecule has 0 bridgehead atoms. The van der Waals surface area contributed by atoms with E-state index in [0.717, 1.165) is 10.8 Å². The van der Waals surface area contributed by atoms with Gasteiger partial charge in [0.15, 0.2) is 0 Å². The van der Waals surface area contributed by atoms with Crippen molar-refractivity contribution < 1.29 is 0 Å². The Bertz CT molecular complexity index is 275. The van der Waals surface area contributed by atoms with Gasteiger partial charge in [0.1, 0.15) is 6.33 Å². The van der Waals surface area contributed by atoms with Crippen LogP contribution in [0.5, 0.6) is 0 Å². The summed E-state index contributed by atoms with van der Waals surface area (Å²) < 4.78 is 0. The van der Waals surface area contributed by atoms with Gasteiger partial charge in [-0.15, -0.1) is 11.8 Å². The van der Waals surface area contributed by atoms with Crippen molar-refractivity contribution in [2.75, 3.05) is 5.75 Å². The van der Waals surface area contributed by atoms with Crippen molar-refractivity contribution >= 4 is 17.6 Å². The molecule has 1 aromatic heterocycles. The van der Waals surface area contributed by atoms with Crippen LogP contribution in [0.2, 0.25) is 0 Å². The molecule has 0 spiro atoms. The Morgan fingerprint density at radius 1 is 1.77 bits per heavy atom. The Morgan fingerprint density at radius 3 is 3.08 bits per heavy atom. The summed E-state index contributed by atoms with van der Waals surface area (Å²) in [6, 6.07) is 1.84. The van der Waals surface area contributed by atoms with Crippen molar-refractivity contribution in [3.63, 3.8) is 0 Å². The fraction of sp³-hybridized carbons (Fsp3) is 0.375. The summed E-state index contributed by atoms with van der Waals surface area (Å²) in [6.07, 6.45) is 3.22. The Balaban J connectivity index is 2.39. The lowest BCUT2D eigenvalue weighted by molar-refractivity contribution is 0.876. The highest BCUT2D eigenvalue weighted by Crippen LogP contribution is 2.16. The average Bonchev–Trinajstić information content (AvgIpc) is 2.15. The molecule has 1 heterocycles. The Hall–Kier alpha value is -1.10. The molecule has 1 rings (SSSR count). The highest BCUT2D eigenvalue weighted by atomic mass is 32.2. The van der Waals surface area contributed by atoms with Gasteiger partial charge in [-0.25, -0.2) is 9.97 Å². The van der Waals surface area contributed by atoms with Crippen LogP contribution in [0.4, 0.5) is 0 Å². The summed E-state index contributed by atoms with van der Waals surface area (Å²) in [5.74, 6) is 1.10. The van der Waals surface area contributed by atoms with Gasteiger partial charge in [0.2, 0.25) is 0 Å². The third kappa shape index (κ3) is 3.42. The zero-order chi connectivity index (χ0) is 9.68. The molecule has 0 fully saturated rings. The third-order valence-corrected chi connectivity index (χ3v) is 2.77. The van der Waals surface area contributed by atoms with Crippen molar-refractivity contribution in [2.45, 2.75) is 11.9 Å². The number of aromatic nitrogens is 2. The second kappa shape index (κ2) is 4.81. The van der Waals surface area contributed by atoms with Gasteiger partial charge in [0, 0.05) is 17.9 Å². The molecule has 0 saturated carbocycles. The summed E-state index contributed by atoms with van der Waals surface area (Å²) in [4.78, 5) is 7.87. The van der Waals surface area contributed by atoms with E-state index >= 15 is 0 Å². The lowest BCUT2D eigenvalue weighted by Crippen LogP contribution is -2.21. The highest BCUT2D eigenvalue weighted by Gasteiger charge is 2.05. The second-order valence-corrected chi connectivity index (χ2v) is 3.76. The zero-order valence-electron chi connectivity index (χ0n) is 7.40. The van der Waals surface area contributed by atoms with E-state index in [9.17, 15) is 0 Å². The van der Waals surface area contributed by atoms with Gasteiger partial charge < -0.3 is 5.73 Å². The molecular formula is C8H12N4S. The summed E-state index contributed by atoms with van der Waals surface area (Å²) in [5, 5.41) is 8.12. The number of nitrogens with one attached hydrogen (secondary N) is 1. The van der Waals surface area contributed by atoms with E-state index in [0.29, 0.717) is 0 Å². The van der Waals surface area contributed by atoms with Crippen LogP contribution >= 0.6 is 11.8 Å². The van der Waals surface area contributed by atoms with Crippen LogP contribution in [0.25, 0.3) is 0 Å². The molecule has 0 aliphatic heterocycles. The molecule has 1 atom stereocenters. The Kier molecular flexibility index (Phi) is 3.70. The molecule has 0 aromatic carbocycles. The van der Waals surface area contributed by atoms with Crippen molar-refractivity contribution in [1.29, 1.82) is 5.41 Å². The van der Waals surface area contributed by atoms with Gasteiger partial charge in [-0.2, -0.15) is 0 Å². The van der Waals surface area contributed by atoms with Crippen LogP contribution in [0.15, 0.2) is 23.6 Å². The van der Waals surface area contributed by atoms with E-state index in [1.165, 1.54) is 6.33 Å². The number of rotatable bonds is 4. The molecule has 70 valence electrons. The topological polar surface area (TPSA) is 75.7 Å². The van der Waals surface area contributed by atoms with Crippen molar-refractivity contribution in [3.8, 4) is 0 Å². The molecule has 3 N–H and O–H groups in total. The SMILES string of the molecule is CC(CSc1ccncn1)C(=N)N. The maximum atomic E-state index is 7.20. The smallest absolute Gasteiger partial charge is 0.116 e. The molecule has 0 amide bonds. The predicted molar refractivity (Wildman–Crippen MR) is 53.8 cm³/mol. The average molecular weight is 196 g/mol. The number of thioether (sulfide) groups is 1. The van der Waals surface area contributed by atoms with Crippen LogP contribution in [0, 0.1) is 11.3 Å². The lowest BCUT2D eigenvalue weighted by atomic mass is 10.2. The quantitative estimate of drug-likeness (QED) is 0.328. The largest absolute Gasteiger partial charge is 0.387 e. The maximum Gasteiger partial charge on any atom is 0.116 e. The van der Waals surface area contributed by atoms with Crippen LogP contribution in [-0.2, 0) is 0 Å². The Labute approximate surface area is 81.5 Å². The fourth-order valence-corrected chi connectivity index (χ4v) is 1.54. The van der Waals surface area contributed by atoms with Gasteiger partial charge in [-0.05, 0) is 6.07 Å².